The van der Waals surface area contributed by atoms with E-state index >= 15 is 0 Å². The summed E-state index contributed by atoms with van der Waals surface area (Å²) in [7, 11) is 1.67. The average molecular weight is 740 g/mol. The first kappa shape index (κ1) is 44.2. The quantitative estimate of drug-likeness (QED) is 0.0537. The lowest BCUT2D eigenvalue weighted by molar-refractivity contribution is -0.921. The van der Waals surface area contributed by atoms with Crippen LogP contribution in [0.2, 0.25) is 0 Å². The topological polar surface area (TPSA) is 109 Å². The van der Waals surface area contributed by atoms with Gasteiger partial charge in [0.25, 0.3) is 5.91 Å². The van der Waals surface area contributed by atoms with Gasteiger partial charge in [0.15, 0.2) is 6.54 Å². The number of likely N-dealkylation sites (tertiary alicyclic amines) is 1. The molecule has 298 valence electrons. The van der Waals surface area contributed by atoms with Gasteiger partial charge in [-0.1, -0.05) is 46.0 Å². The van der Waals surface area contributed by atoms with Crippen LogP contribution in [0.5, 0.6) is 11.5 Å². The first-order valence-corrected chi connectivity index (χ1v) is 20.3. The molecule has 0 aromatic heterocycles. The Balaban J connectivity index is 1.53. The summed E-state index contributed by atoms with van der Waals surface area (Å²) in [4.78, 5) is 29.3. The molecule has 0 aliphatic carbocycles. The highest BCUT2D eigenvalue weighted by Gasteiger charge is 2.31. The second-order valence-electron chi connectivity index (χ2n) is 15.2. The predicted molar refractivity (Wildman–Crippen MR) is 216 cm³/mol. The maximum absolute atomic E-state index is 13.7. The van der Waals surface area contributed by atoms with Crippen LogP contribution in [0.3, 0.4) is 0 Å². The number of phenols is 1. The van der Waals surface area contributed by atoms with Crippen LogP contribution in [0.4, 0.5) is 11.4 Å². The number of aryl methyl sites for hydroxylation is 4. The third-order valence-corrected chi connectivity index (χ3v) is 10.7. The van der Waals surface area contributed by atoms with E-state index in [-0.39, 0.29) is 23.6 Å². The Hall–Kier alpha value is -3.18. The number of nitrogens with one attached hydrogen (secondary N) is 2. The number of phenolic OH excluding ortho intramolecular Hbond substituents is 1. The average Bonchev–Trinajstić information content (AvgIpc) is 3.12. The molecule has 2 aromatic carbocycles. The van der Waals surface area contributed by atoms with Gasteiger partial charge in [-0.05, 0) is 119 Å². The van der Waals surface area contributed by atoms with Crippen molar-refractivity contribution in [1.29, 1.82) is 0 Å². The molecule has 10 nitrogen and oxygen atoms in total. The number of rotatable bonds is 25. The van der Waals surface area contributed by atoms with Crippen molar-refractivity contribution in [3.63, 3.8) is 0 Å². The van der Waals surface area contributed by atoms with Gasteiger partial charge in [-0.25, -0.2) is 0 Å². The second kappa shape index (κ2) is 23.6. The Morgan fingerprint density at radius 3 is 1.91 bits per heavy atom. The Bertz CT molecular complexity index is 1360. The van der Waals surface area contributed by atoms with E-state index in [2.05, 4.69) is 29.4 Å². The molecule has 0 radical (unpaired) electrons. The summed E-state index contributed by atoms with van der Waals surface area (Å²) < 4.78 is 18.4. The van der Waals surface area contributed by atoms with Gasteiger partial charge in [0.1, 0.15) is 18.0 Å². The number of amides is 2. The van der Waals surface area contributed by atoms with Gasteiger partial charge in [0.05, 0.1) is 52.7 Å². The van der Waals surface area contributed by atoms with E-state index in [1.807, 2.05) is 39.8 Å². The zero-order valence-corrected chi connectivity index (χ0v) is 34.1. The Morgan fingerprint density at radius 2 is 1.32 bits per heavy atom. The summed E-state index contributed by atoms with van der Waals surface area (Å²) in [6, 6.07) is 7.10. The van der Waals surface area contributed by atoms with Crippen molar-refractivity contribution in [2.45, 2.75) is 118 Å². The number of nitrogens with zero attached hydrogens (tertiary/aromatic N) is 2. The van der Waals surface area contributed by atoms with Crippen molar-refractivity contribution in [2.24, 2.45) is 0 Å². The minimum absolute atomic E-state index is 0.00105. The molecule has 3 rings (SSSR count). The number of hydrogen-bond acceptors (Lipinski definition) is 7. The predicted octanol–water partition coefficient (Wildman–Crippen LogP) is 8.08. The first-order valence-electron chi connectivity index (χ1n) is 20.3. The maximum atomic E-state index is 13.7. The van der Waals surface area contributed by atoms with E-state index in [1.54, 1.807) is 19.2 Å². The third kappa shape index (κ3) is 14.9. The Morgan fingerprint density at radius 1 is 0.755 bits per heavy atom. The highest BCUT2D eigenvalue weighted by Crippen LogP contribution is 2.28. The number of methoxy groups -OCH3 is 1. The molecule has 1 heterocycles. The van der Waals surface area contributed by atoms with E-state index in [4.69, 9.17) is 14.2 Å². The maximum Gasteiger partial charge on any atom is 0.279 e. The number of quaternary nitrogens is 1. The number of unbranched alkanes of at least 4 members (excludes halogenated alkanes) is 6. The van der Waals surface area contributed by atoms with Crippen molar-refractivity contribution < 1.29 is 33.4 Å². The van der Waals surface area contributed by atoms with Crippen LogP contribution in [-0.4, -0.2) is 105 Å². The smallest absolute Gasteiger partial charge is 0.279 e. The van der Waals surface area contributed by atoms with E-state index in [0.29, 0.717) is 39.5 Å². The van der Waals surface area contributed by atoms with Crippen molar-refractivity contribution in [1.82, 2.24) is 4.90 Å². The number of carbonyl (C=O) groups is 2. The summed E-state index contributed by atoms with van der Waals surface area (Å²) in [6.45, 7) is 19.1. The Kier molecular flexibility index (Phi) is 19.7. The van der Waals surface area contributed by atoms with Crippen LogP contribution >= 0.6 is 0 Å². The number of ether oxygens (including phenoxy) is 3. The molecule has 10 heteroatoms. The first-order chi connectivity index (χ1) is 25.5. The van der Waals surface area contributed by atoms with Gasteiger partial charge in [-0.2, -0.15) is 0 Å². The van der Waals surface area contributed by atoms with Gasteiger partial charge < -0.3 is 34.4 Å². The SMILES string of the molecule is CCCCCC[N+](CCCCCC)(CCOCCOCCN1CCCCC1C(=O)Nc1c(C)cc(O)cc1C)CC(=O)Nc1c(C)cc(OC)cc1C. The second-order valence-corrected chi connectivity index (χ2v) is 15.2. The molecule has 2 amide bonds. The zero-order valence-electron chi connectivity index (χ0n) is 34.1. The number of anilines is 2. The van der Waals surface area contributed by atoms with Crippen LogP contribution in [0.25, 0.3) is 0 Å². The summed E-state index contributed by atoms with van der Waals surface area (Å²) in [6.07, 6.45) is 12.2. The molecule has 1 saturated heterocycles. The van der Waals surface area contributed by atoms with Crippen LogP contribution in [0.15, 0.2) is 24.3 Å². The van der Waals surface area contributed by atoms with Crippen LogP contribution in [0.1, 0.15) is 107 Å². The van der Waals surface area contributed by atoms with Crippen LogP contribution in [0, 0.1) is 27.7 Å². The summed E-state index contributed by atoms with van der Waals surface area (Å²) >= 11 is 0. The standard InChI is InChI=1S/C43H70N4O6/c1-8-10-12-16-21-47(22-17-13-11-9-2,32-40(49)44-41-35(5)30-38(51-7)31-36(41)6)23-25-53-27-26-52-24-20-46-19-15-14-18-39(46)43(50)45-42-33(3)28-37(48)29-34(42)4/h28-31,39H,8-27,32H2,1-7H3,(H2-,44,45,48,49,50)/p+1. The Labute approximate surface area is 320 Å². The van der Waals surface area contributed by atoms with E-state index in [0.717, 1.165) is 102 Å². The van der Waals surface area contributed by atoms with Crippen molar-refractivity contribution >= 4 is 23.2 Å². The molecule has 3 N–H and O–H groups in total. The van der Waals surface area contributed by atoms with Crippen LogP contribution in [-0.2, 0) is 19.1 Å². The minimum Gasteiger partial charge on any atom is -0.508 e. The third-order valence-electron chi connectivity index (χ3n) is 10.7. The molecule has 0 saturated carbocycles. The monoisotopic (exact) mass is 740 g/mol. The molecule has 0 spiro atoms. The normalized spacial score (nSPS) is 15.0. The lowest BCUT2D eigenvalue weighted by Crippen LogP contribution is -2.55. The fourth-order valence-corrected chi connectivity index (χ4v) is 7.70. The van der Waals surface area contributed by atoms with Crippen molar-refractivity contribution in [3.8, 4) is 11.5 Å². The highest BCUT2D eigenvalue weighted by molar-refractivity contribution is 5.96. The summed E-state index contributed by atoms with van der Waals surface area (Å²) in [5.74, 6) is 1.05. The molecule has 1 atom stereocenters. The fraction of sp³-hybridized carbons (Fsp3) is 0.674. The number of carbonyl (C=O) groups excluding carboxylic acids is 2. The number of benzene rings is 2. The molecule has 1 aliphatic rings. The van der Waals surface area contributed by atoms with Gasteiger partial charge >= 0.3 is 0 Å². The molecule has 1 fully saturated rings. The molecule has 53 heavy (non-hydrogen) atoms. The molecule has 1 unspecified atom stereocenters. The van der Waals surface area contributed by atoms with E-state index in [9.17, 15) is 14.7 Å². The van der Waals surface area contributed by atoms with E-state index in [1.165, 1.54) is 38.5 Å². The largest absolute Gasteiger partial charge is 0.508 e. The highest BCUT2D eigenvalue weighted by atomic mass is 16.5. The molecule has 2 aromatic rings. The summed E-state index contributed by atoms with van der Waals surface area (Å²) in [5.41, 5.74) is 5.36. The van der Waals surface area contributed by atoms with Gasteiger partial charge in [0, 0.05) is 17.9 Å². The number of aromatic hydroxyl groups is 1. The minimum atomic E-state index is -0.202. The van der Waals surface area contributed by atoms with Gasteiger partial charge in [-0.15, -0.1) is 0 Å². The van der Waals surface area contributed by atoms with Crippen molar-refractivity contribution in [3.05, 3.63) is 46.5 Å². The molecule has 0 bridgehead atoms. The lowest BCUT2D eigenvalue weighted by atomic mass is 10.0. The van der Waals surface area contributed by atoms with Gasteiger partial charge in [-0.3, -0.25) is 14.5 Å². The zero-order chi connectivity index (χ0) is 38.6. The number of hydrogen-bond donors (Lipinski definition) is 3. The lowest BCUT2D eigenvalue weighted by Gasteiger charge is -2.38. The van der Waals surface area contributed by atoms with Gasteiger partial charge in [0.2, 0.25) is 5.91 Å². The molecular formula is C43H71N4O6+. The fourth-order valence-electron chi connectivity index (χ4n) is 7.70. The van der Waals surface area contributed by atoms with Crippen molar-refractivity contribution in [2.75, 3.05) is 83.4 Å². The van der Waals surface area contributed by atoms with E-state index < -0.39 is 0 Å². The molecule has 1 aliphatic heterocycles. The van der Waals surface area contributed by atoms with Crippen LogP contribution < -0.4 is 15.4 Å². The molecular weight excluding hydrogens is 668 g/mol. The number of piperidine rings is 1. The summed E-state index contributed by atoms with van der Waals surface area (Å²) in [5, 5.41) is 16.3.